The second-order valence-corrected chi connectivity index (χ2v) is 10.4. The molecule has 0 aromatic heterocycles. The predicted octanol–water partition coefficient (Wildman–Crippen LogP) is 3.32. The number of esters is 1. The Morgan fingerprint density at radius 3 is 2.54 bits per heavy atom. The second kappa shape index (κ2) is 6.93. The van der Waals surface area contributed by atoms with Gasteiger partial charge in [0.2, 0.25) is 0 Å². The van der Waals surface area contributed by atoms with Crippen LogP contribution in [0.5, 0.6) is 0 Å². The molecule has 5 nitrogen and oxygen atoms in total. The summed E-state index contributed by atoms with van der Waals surface area (Å²) < 4.78 is 5.50. The van der Waals surface area contributed by atoms with Crippen molar-refractivity contribution in [3.05, 3.63) is 0 Å². The molecule has 0 heterocycles. The highest BCUT2D eigenvalue weighted by Crippen LogP contribution is 2.66. The molecule has 0 aromatic carbocycles. The fourth-order valence-electron chi connectivity index (χ4n) is 8.01. The van der Waals surface area contributed by atoms with Gasteiger partial charge in [-0.15, -0.1) is 0 Å². The van der Waals surface area contributed by atoms with Gasteiger partial charge in [-0.3, -0.25) is 14.4 Å². The monoisotopic (exact) mass is 390 g/mol. The van der Waals surface area contributed by atoms with Crippen molar-refractivity contribution in [1.29, 1.82) is 0 Å². The first-order chi connectivity index (χ1) is 13.2. The first-order valence-corrected chi connectivity index (χ1v) is 11.0. The fourth-order valence-corrected chi connectivity index (χ4v) is 8.01. The molecule has 0 radical (unpaired) electrons. The molecule has 0 saturated heterocycles. The van der Waals surface area contributed by atoms with Crippen LogP contribution in [0.4, 0.5) is 0 Å². The summed E-state index contributed by atoms with van der Waals surface area (Å²) in [6.07, 6.45) is 7.04. The third kappa shape index (κ3) is 2.88. The Kier molecular flexibility index (Phi) is 4.96. The van der Waals surface area contributed by atoms with E-state index in [9.17, 15) is 19.5 Å². The van der Waals surface area contributed by atoms with Crippen LogP contribution in [0.15, 0.2) is 0 Å². The van der Waals surface area contributed by atoms with Gasteiger partial charge < -0.3 is 9.84 Å². The minimum Gasteiger partial charge on any atom is -0.463 e. The van der Waals surface area contributed by atoms with Gasteiger partial charge in [-0.05, 0) is 73.5 Å². The summed E-state index contributed by atoms with van der Waals surface area (Å²) >= 11 is 0. The maximum atomic E-state index is 13.5. The summed E-state index contributed by atoms with van der Waals surface area (Å²) in [6, 6.07) is 0. The zero-order chi connectivity index (χ0) is 20.3. The Balaban J connectivity index is 1.59. The number of hydrogen-bond donors (Lipinski definition) is 1. The number of rotatable bonds is 3. The van der Waals surface area contributed by atoms with Gasteiger partial charge in [-0.1, -0.05) is 13.8 Å². The number of ether oxygens (including phenoxy) is 1. The molecule has 8 atom stereocenters. The highest BCUT2D eigenvalue weighted by atomic mass is 16.5. The molecule has 0 bridgehead atoms. The van der Waals surface area contributed by atoms with E-state index in [0.717, 1.165) is 44.9 Å². The Bertz CT molecular complexity index is 686. The van der Waals surface area contributed by atoms with Gasteiger partial charge in [0.25, 0.3) is 0 Å². The van der Waals surface area contributed by atoms with E-state index in [-0.39, 0.29) is 40.5 Å². The average molecular weight is 391 g/mol. The summed E-state index contributed by atoms with van der Waals surface area (Å²) in [5, 5.41) is 9.41. The largest absolute Gasteiger partial charge is 0.463 e. The molecule has 4 saturated carbocycles. The van der Waals surface area contributed by atoms with Crippen molar-refractivity contribution in [2.45, 2.75) is 78.2 Å². The van der Waals surface area contributed by atoms with E-state index in [4.69, 9.17) is 4.74 Å². The van der Waals surface area contributed by atoms with Crippen LogP contribution in [0, 0.1) is 40.4 Å². The number of fused-ring (bicyclic) bond motifs is 5. The molecular weight excluding hydrogens is 356 g/mol. The smallest absolute Gasteiger partial charge is 0.302 e. The summed E-state index contributed by atoms with van der Waals surface area (Å²) in [7, 11) is 0. The van der Waals surface area contributed by atoms with Crippen molar-refractivity contribution in [2.75, 3.05) is 6.61 Å². The van der Waals surface area contributed by atoms with Gasteiger partial charge in [0.05, 0.1) is 0 Å². The van der Waals surface area contributed by atoms with Crippen LogP contribution in [0.1, 0.15) is 72.1 Å². The predicted molar refractivity (Wildman–Crippen MR) is 103 cm³/mol. The van der Waals surface area contributed by atoms with Crippen molar-refractivity contribution in [1.82, 2.24) is 0 Å². The number of aliphatic hydroxyl groups excluding tert-OH is 1. The van der Waals surface area contributed by atoms with Gasteiger partial charge in [0.1, 0.15) is 18.5 Å². The van der Waals surface area contributed by atoms with Gasteiger partial charge in [0.15, 0.2) is 5.78 Å². The highest BCUT2D eigenvalue weighted by Gasteiger charge is 2.64. The normalized spacial score (nSPS) is 47.6. The minimum atomic E-state index is -0.410. The van der Waals surface area contributed by atoms with Crippen LogP contribution >= 0.6 is 0 Å². The average Bonchev–Trinajstić information content (AvgIpc) is 2.97. The molecule has 1 N–H and O–H groups in total. The Hall–Kier alpha value is -1.23. The molecule has 0 aromatic rings. The van der Waals surface area contributed by atoms with Gasteiger partial charge in [0, 0.05) is 25.2 Å². The highest BCUT2D eigenvalue weighted by molar-refractivity contribution is 5.88. The minimum absolute atomic E-state index is 0.00544. The summed E-state index contributed by atoms with van der Waals surface area (Å²) in [5.74, 6) is 1.13. The van der Waals surface area contributed by atoms with E-state index in [2.05, 4.69) is 13.8 Å². The lowest BCUT2D eigenvalue weighted by molar-refractivity contribution is -0.169. The number of carbonyl (C=O) groups excluding carboxylic acids is 3. The third-order valence-electron chi connectivity index (χ3n) is 9.18. The summed E-state index contributed by atoms with van der Waals surface area (Å²) in [6.45, 7) is 5.49. The first kappa shape index (κ1) is 20.1. The van der Waals surface area contributed by atoms with E-state index < -0.39 is 6.61 Å². The first-order valence-electron chi connectivity index (χ1n) is 11.0. The summed E-state index contributed by atoms with van der Waals surface area (Å²) in [4.78, 5) is 37.2. The van der Waals surface area contributed by atoms with E-state index in [0.29, 0.717) is 30.0 Å². The van der Waals surface area contributed by atoms with Crippen LogP contribution in [0.3, 0.4) is 0 Å². The molecule has 0 spiro atoms. The van der Waals surface area contributed by atoms with Gasteiger partial charge >= 0.3 is 5.97 Å². The van der Waals surface area contributed by atoms with Crippen molar-refractivity contribution >= 4 is 17.5 Å². The number of Topliss-reactive ketones (excluding diaryl/α,β-unsaturated/α-hetero) is 2. The number of hydrogen-bond acceptors (Lipinski definition) is 5. The molecule has 28 heavy (non-hydrogen) atoms. The molecule has 4 rings (SSSR count). The quantitative estimate of drug-likeness (QED) is 0.748. The maximum Gasteiger partial charge on any atom is 0.302 e. The molecule has 4 aliphatic carbocycles. The van der Waals surface area contributed by atoms with Crippen molar-refractivity contribution < 1.29 is 24.2 Å². The van der Waals surface area contributed by atoms with E-state index in [1.165, 1.54) is 6.92 Å². The van der Waals surface area contributed by atoms with Crippen LogP contribution in [-0.2, 0) is 19.1 Å². The second-order valence-electron chi connectivity index (χ2n) is 10.4. The van der Waals surface area contributed by atoms with E-state index in [1.54, 1.807) is 0 Å². The van der Waals surface area contributed by atoms with Crippen LogP contribution in [0.2, 0.25) is 0 Å². The van der Waals surface area contributed by atoms with Crippen LogP contribution < -0.4 is 0 Å². The van der Waals surface area contributed by atoms with Crippen LogP contribution in [0.25, 0.3) is 0 Å². The topological polar surface area (TPSA) is 80.7 Å². The Morgan fingerprint density at radius 2 is 1.86 bits per heavy atom. The molecule has 0 unspecified atom stereocenters. The molecule has 0 amide bonds. The Morgan fingerprint density at radius 1 is 1.11 bits per heavy atom. The van der Waals surface area contributed by atoms with Crippen molar-refractivity contribution in [2.24, 2.45) is 40.4 Å². The number of ketones is 2. The van der Waals surface area contributed by atoms with Gasteiger partial charge in [-0.25, -0.2) is 0 Å². The van der Waals surface area contributed by atoms with Crippen molar-refractivity contribution in [3.8, 4) is 0 Å². The van der Waals surface area contributed by atoms with E-state index >= 15 is 0 Å². The summed E-state index contributed by atoms with van der Waals surface area (Å²) in [5.41, 5.74) is -0.298. The molecule has 4 aliphatic rings. The molecule has 5 heteroatoms. The molecule has 156 valence electrons. The lowest BCUT2D eigenvalue weighted by Crippen LogP contribution is -2.58. The zero-order valence-corrected chi connectivity index (χ0v) is 17.4. The van der Waals surface area contributed by atoms with E-state index in [1.807, 2.05) is 0 Å². The van der Waals surface area contributed by atoms with Crippen LogP contribution in [-0.4, -0.2) is 35.4 Å². The van der Waals surface area contributed by atoms with Gasteiger partial charge in [-0.2, -0.15) is 0 Å². The fraction of sp³-hybridized carbons (Fsp3) is 0.870. The molecule has 0 aliphatic heterocycles. The Labute approximate surface area is 167 Å². The molecule has 4 fully saturated rings. The maximum absolute atomic E-state index is 13.5. The zero-order valence-electron chi connectivity index (χ0n) is 17.4. The SMILES string of the molecule is CC(=O)O[C@@H]1CC[C@@]2(C)[C@H](CC[C@H]3[C@@H]4CC[C@H](C(=O)CO)[C@@]4(C)CC(=O)[C@@H]32)C1. The standard InChI is InChI=1S/C23H34O5/c1-13(25)28-15-8-9-22(2)14(10-15)4-5-16-17-6-7-18(20(27)12-24)23(17,3)11-19(26)21(16)22/h14-18,21,24H,4-12H2,1-3H3/t14-,15-,16+,17+,18-,21-,22+,23+/m1/s1. The lowest BCUT2D eigenvalue weighted by Gasteiger charge is -2.59. The molecular formula is C23H34O5. The number of carbonyl (C=O) groups is 3. The third-order valence-corrected chi connectivity index (χ3v) is 9.18. The number of aliphatic hydroxyl groups is 1. The lowest BCUT2D eigenvalue weighted by atomic mass is 9.44. The van der Waals surface area contributed by atoms with Crippen molar-refractivity contribution in [3.63, 3.8) is 0 Å².